The molecule has 13 nitrogen and oxygen atoms in total. The second-order valence-electron chi connectivity index (χ2n) is 9.97. The quantitative estimate of drug-likeness (QED) is 0.0916. The summed E-state index contributed by atoms with van der Waals surface area (Å²) in [6.07, 6.45) is 0. The van der Waals surface area contributed by atoms with E-state index in [1.165, 1.54) is 56.7 Å². The summed E-state index contributed by atoms with van der Waals surface area (Å²) in [4.78, 5) is -0.482. The number of nitrogens with zero attached hydrogens (tertiary/aromatic N) is 4. The van der Waals surface area contributed by atoms with Crippen molar-refractivity contribution in [2.45, 2.75) is 16.7 Å². The van der Waals surface area contributed by atoms with Crippen molar-refractivity contribution in [2.24, 2.45) is 20.5 Å². The van der Waals surface area contributed by atoms with E-state index in [9.17, 15) is 26.5 Å². The fourth-order valence-corrected chi connectivity index (χ4v) is 6.08. The average Bonchev–Trinajstić information content (AvgIpc) is 3.06. The van der Waals surface area contributed by atoms with Gasteiger partial charge in [0.15, 0.2) is 15.6 Å². The first kappa shape index (κ1) is 33.0. The molecule has 0 spiro atoms. The third-order valence-corrected chi connectivity index (χ3v) is 9.60. The van der Waals surface area contributed by atoms with Crippen LogP contribution in [-0.2, 0) is 20.0 Å². The molecule has 3 N–H and O–H groups in total. The van der Waals surface area contributed by atoms with E-state index in [1.54, 1.807) is 25.1 Å². The molecule has 5 aromatic rings. The Labute approximate surface area is 270 Å². The Morgan fingerprint density at radius 2 is 1.34 bits per heavy atom. The number of methoxy groups -OCH3 is 2. The van der Waals surface area contributed by atoms with Gasteiger partial charge in [-0.3, -0.25) is 4.55 Å². The van der Waals surface area contributed by atoms with Gasteiger partial charge in [0.2, 0.25) is 0 Å². The van der Waals surface area contributed by atoms with Crippen LogP contribution in [0.1, 0.15) is 6.92 Å². The van der Waals surface area contributed by atoms with E-state index in [0.717, 1.165) is 5.69 Å². The highest BCUT2D eigenvalue weighted by Crippen LogP contribution is 2.45. The van der Waals surface area contributed by atoms with Crippen molar-refractivity contribution in [3.8, 4) is 17.2 Å². The van der Waals surface area contributed by atoms with Gasteiger partial charge in [0.05, 0.1) is 30.6 Å². The second-order valence-corrected chi connectivity index (χ2v) is 13.6. The van der Waals surface area contributed by atoms with Crippen molar-refractivity contribution in [3.63, 3.8) is 0 Å². The van der Waals surface area contributed by atoms with Crippen LogP contribution in [0.5, 0.6) is 17.2 Å². The van der Waals surface area contributed by atoms with Crippen LogP contribution in [0.2, 0.25) is 0 Å². The molecule has 0 aliphatic carbocycles. The molecule has 0 saturated carbocycles. The lowest BCUT2D eigenvalue weighted by atomic mass is 10.1. The minimum Gasteiger partial charge on any atom is -0.505 e. The summed E-state index contributed by atoms with van der Waals surface area (Å²) in [5.74, 6) is -0.192. The number of hydrogen-bond acceptors (Lipinski definition) is 12. The van der Waals surface area contributed by atoms with E-state index >= 15 is 0 Å². The summed E-state index contributed by atoms with van der Waals surface area (Å²) >= 11 is 0. The number of ether oxygens (including phenoxy) is 2. The summed E-state index contributed by atoms with van der Waals surface area (Å²) in [5, 5.41) is 31.4. The molecule has 47 heavy (non-hydrogen) atoms. The first-order valence-electron chi connectivity index (χ1n) is 13.9. The smallest absolute Gasteiger partial charge is 0.296 e. The summed E-state index contributed by atoms with van der Waals surface area (Å²) in [5.41, 5.74) is 1.64. The van der Waals surface area contributed by atoms with E-state index < -0.39 is 36.3 Å². The van der Waals surface area contributed by atoms with Gasteiger partial charge in [-0.2, -0.15) is 13.5 Å². The average molecular weight is 676 g/mol. The SMILES string of the molecule is CCS(=O)(=O)c1ccc(N=Nc2cc(OC)c(N=Nc3c(S(=O)(=O)O)cc4cc(Nc5ccccc5)ccc4c3O)cc2OC)cc1. The standard InChI is InChI=1S/C32H29N5O8S2/c1-4-46(39,40)24-13-10-22(11-14-24)34-35-26-18-29(45-3)27(19-28(26)44-2)36-37-31-30(47(41,42)43)17-20-16-23(12-15-25(20)32(31)38)33-21-8-6-5-7-9-21/h5-19,33,38H,4H2,1-3H3,(H,41,42,43). The number of aromatic hydroxyl groups is 1. The molecular formula is C32H29N5O8S2. The Balaban J connectivity index is 1.50. The van der Waals surface area contributed by atoms with Gasteiger partial charge in [0.25, 0.3) is 10.1 Å². The minimum atomic E-state index is -4.86. The number of phenolic OH excluding ortho intramolecular Hbond substituents is 1. The van der Waals surface area contributed by atoms with Crippen molar-refractivity contribution in [1.29, 1.82) is 0 Å². The number of para-hydroxylation sites is 1. The molecule has 0 amide bonds. The minimum absolute atomic E-state index is 0.0279. The number of phenols is 1. The Kier molecular flexibility index (Phi) is 9.51. The highest BCUT2D eigenvalue weighted by Gasteiger charge is 2.23. The maximum atomic E-state index is 12.4. The number of fused-ring (bicyclic) bond motifs is 1. The van der Waals surface area contributed by atoms with Crippen LogP contribution in [0.3, 0.4) is 0 Å². The number of anilines is 2. The lowest BCUT2D eigenvalue weighted by molar-refractivity contribution is 0.405. The topological polar surface area (TPSA) is 189 Å². The Morgan fingerprint density at radius 3 is 1.91 bits per heavy atom. The predicted octanol–water partition coefficient (Wildman–Crippen LogP) is 8.18. The fourth-order valence-electron chi connectivity index (χ4n) is 4.53. The van der Waals surface area contributed by atoms with Gasteiger partial charge >= 0.3 is 0 Å². The summed E-state index contributed by atoms with van der Waals surface area (Å²) in [7, 11) is -5.46. The molecule has 5 rings (SSSR count). The number of nitrogens with one attached hydrogen (secondary N) is 1. The molecule has 242 valence electrons. The fraction of sp³-hybridized carbons (Fsp3) is 0.125. The van der Waals surface area contributed by atoms with Crippen LogP contribution in [-0.4, -0.2) is 46.5 Å². The molecule has 0 aromatic heterocycles. The molecule has 15 heteroatoms. The first-order chi connectivity index (χ1) is 22.4. The van der Waals surface area contributed by atoms with Gasteiger partial charge in [0, 0.05) is 28.9 Å². The molecule has 0 heterocycles. The van der Waals surface area contributed by atoms with Crippen LogP contribution < -0.4 is 14.8 Å². The van der Waals surface area contributed by atoms with Crippen molar-refractivity contribution in [2.75, 3.05) is 25.3 Å². The van der Waals surface area contributed by atoms with E-state index in [1.807, 2.05) is 30.3 Å². The van der Waals surface area contributed by atoms with Crippen LogP contribution in [0, 0.1) is 0 Å². The molecule has 0 unspecified atom stereocenters. The molecule has 5 aromatic carbocycles. The van der Waals surface area contributed by atoms with Crippen molar-refractivity contribution in [1.82, 2.24) is 0 Å². The van der Waals surface area contributed by atoms with E-state index in [-0.39, 0.29) is 38.9 Å². The highest BCUT2D eigenvalue weighted by molar-refractivity contribution is 7.91. The lowest BCUT2D eigenvalue weighted by Gasteiger charge is -2.12. The van der Waals surface area contributed by atoms with Gasteiger partial charge in [0.1, 0.15) is 33.5 Å². The van der Waals surface area contributed by atoms with Gasteiger partial charge < -0.3 is 19.9 Å². The van der Waals surface area contributed by atoms with Gasteiger partial charge in [-0.05, 0) is 66.0 Å². The molecule has 0 radical (unpaired) electrons. The zero-order valence-corrected chi connectivity index (χ0v) is 26.9. The number of benzene rings is 5. The molecule has 0 aliphatic heterocycles. The second kappa shape index (κ2) is 13.5. The molecule has 0 aliphatic rings. The van der Waals surface area contributed by atoms with Crippen molar-refractivity contribution < 1.29 is 36.0 Å². The zero-order chi connectivity index (χ0) is 33.8. The van der Waals surface area contributed by atoms with E-state index in [4.69, 9.17) is 9.47 Å². The maximum Gasteiger partial charge on any atom is 0.296 e. The van der Waals surface area contributed by atoms with Gasteiger partial charge in [-0.25, -0.2) is 8.42 Å². The van der Waals surface area contributed by atoms with E-state index in [2.05, 4.69) is 25.8 Å². The Morgan fingerprint density at radius 1 is 0.723 bits per heavy atom. The Hall–Kier alpha value is -5.38. The molecular weight excluding hydrogens is 647 g/mol. The number of azo groups is 2. The Bertz CT molecular complexity index is 2220. The first-order valence-corrected chi connectivity index (χ1v) is 17.0. The van der Waals surface area contributed by atoms with Crippen LogP contribution in [0.15, 0.2) is 121 Å². The third kappa shape index (κ3) is 7.38. The van der Waals surface area contributed by atoms with Crippen molar-refractivity contribution >= 4 is 64.9 Å². The van der Waals surface area contributed by atoms with Gasteiger partial charge in [-0.1, -0.05) is 25.1 Å². The summed E-state index contributed by atoms with van der Waals surface area (Å²) < 4.78 is 69.9. The third-order valence-electron chi connectivity index (χ3n) is 6.98. The largest absolute Gasteiger partial charge is 0.505 e. The monoisotopic (exact) mass is 675 g/mol. The number of rotatable bonds is 11. The zero-order valence-electron chi connectivity index (χ0n) is 25.3. The maximum absolute atomic E-state index is 12.4. The lowest BCUT2D eigenvalue weighted by Crippen LogP contribution is -2.02. The van der Waals surface area contributed by atoms with Crippen LogP contribution >= 0.6 is 0 Å². The van der Waals surface area contributed by atoms with Crippen LogP contribution in [0.4, 0.5) is 34.1 Å². The molecule has 0 saturated heterocycles. The van der Waals surface area contributed by atoms with Crippen LogP contribution in [0.25, 0.3) is 10.8 Å². The van der Waals surface area contributed by atoms with E-state index in [0.29, 0.717) is 16.8 Å². The summed E-state index contributed by atoms with van der Waals surface area (Å²) in [6.45, 7) is 1.56. The highest BCUT2D eigenvalue weighted by atomic mass is 32.2. The van der Waals surface area contributed by atoms with Gasteiger partial charge in [-0.15, -0.1) is 15.3 Å². The predicted molar refractivity (Wildman–Crippen MR) is 177 cm³/mol. The molecule has 0 bridgehead atoms. The molecule has 0 atom stereocenters. The van der Waals surface area contributed by atoms with Crippen molar-refractivity contribution in [3.05, 3.63) is 91.0 Å². The normalized spacial score (nSPS) is 12.2. The number of sulfone groups is 1. The molecule has 0 fully saturated rings. The summed E-state index contributed by atoms with van der Waals surface area (Å²) in [6, 6.07) is 24.2. The number of hydrogen-bond donors (Lipinski definition) is 3.